The molecule has 0 radical (unpaired) electrons. The highest BCUT2D eigenvalue weighted by Crippen LogP contribution is 2.23. The van der Waals surface area contributed by atoms with Crippen LogP contribution in [-0.2, 0) is 9.53 Å². The molecule has 0 bridgehead atoms. The molecule has 0 spiro atoms. The Balaban J connectivity index is 1.96. The molecular weight excluding hydrogens is 270 g/mol. The standard InChI is InChI=1S/C16H21NO4/c1-12(18)21-11-13-7-8-17(20)15(9-13)10-16(19)14-5-3-2-4-6-14/h2-6,13,16,19H,7-11H2,1H3/t13-,16+/m1/s1. The lowest BCUT2D eigenvalue weighted by Crippen LogP contribution is -2.31. The molecule has 1 aliphatic heterocycles. The zero-order valence-corrected chi connectivity index (χ0v) is 12.2. The van der Waals surface area contributed by atoms with E-state index in [-0.39, 0.29) is 11.9 Å². The molecule has 1 aliphatic rings. The quantitative estimate of drug-likeness (QED) is 0.512. The Hall–Kier alpha value is -1.88. The summed E-state index contributed by atoms with van der Waals surface area (Å²) in [5, 5.41) is 22.1. The van der Waals surface area contributed by atoms with Gasteiger partial charge in [0.25, 0.3) is 0 Å². The number of hydrogen-bond acceptors (Lipinski definition) is 4. The molecule has 1 aromatic rings. The summed E-state index contributed by atoms with van der Waals surface area (Å²) in [5.74, 6) is -0.137. The minimum atomic E-state index is -0.676. The van der Waals surface area contributed by atoms with E-state index in [4.69, 9.17) is 4.74 Å². The van der Waals surface area contributed by atoms with Gasteiger partial charge in [-0.05, 0) is 5.56 Å². The number of hydroxylamine groups is 1. The third-order valence-electron chi connectivity index (χ3n) is 3.75. The Morgan fingerprint density at radius 2 is 2.19 bits per heavy atom. The third kappa shape index (κ3) is 4.56. The fourth-order valence-electron chi connectivity index (χ4n) is 2.57. The molecule has 5 nitrogen and oxygen atoms in total. The number of aliphatic hydroxyl groups excluding tert-OH is 1. The van der Waals surface area contributed by atoms with Crippen molar-refractivity contribution >= 4 is 11.7 Å². The molecule has 0 unspecified atom stereocenters. The number of hydrogen-bond donors (Lipinski definition) is 1. The van der Waals surface area contributed by atoms with Crippen LogP contribution in [0.3, 0.4) is 0 Å². The van der Waals surface area contributed by atoms with Crippen molar-refractivity contribution in [2.75, 3.05) is 13.2 Å². The summed E-state index contributed by atoms with van der Waals surface area (Å²) in [7, 11) is 0. The summed E-state index contributed by atoms with van der Waals surface area (Å²) in [6.45, 7) is 2.11. The van der Waals surface area contributed by atoms with E-state index >= 15 is 0 Å². The van der Waals surface area contributed by atoms with Gasteiger partial charge in [0.15, 0.2) is 12.3 Å². The van der Waals surface area contributed by atoms with E-state index in [1.54, 1.807) is 0 Å². The summed E-state index contributed by atoms with van der Waals surface area (Å²) in [6.07, 6.45) is 0.928. The molecule has 0 aliphatic carbocycles. The van der Waals surface area contributed by atoms with Crippen LogP contribution in [0.15, 0.2) is 30.3 Å². The molecule has 1 heterocycles. The van der Waals surface area contributed by atoms with Crippen molar-refractivity contribution in [3.63, 3.8) is 0 Å². The molecular formula is C16H21NO4. The van der Waals surface area contributed by atoms with Crippen molar-refractivity contribution in [1.29, 1.82) is 0 Å². The van der Waals surface area contributed by atoms with Crippen LogP contribution in [0, 0.1) is 11.1 Å². The van der Waals surface area contributed by atoms with Crippen LogP contribution in [0.4, 0.5) is 0 Å². The predicted molar refractivity (Wildman–Crippen MR) is 78.9 cm³/mol. The summed E-state index contributed by atoms with van der Waals surface area (Å²) < 4.78 is 5.99. The fourth-order valence-corrected chi connectivity index (χ4v) is 2.57. The summed E-state index contributed by atoms with van der Waals surface area (Å²) in [5.41, 5.74) is 1.48. The number of rotatable bonds is 5. The minimum Gasteiger partial charge on any atom is -0.624 e. The van der Waals surface area contributed by atoms with Crippen molar-refractivity contribution in [3.05, 3.63) is 41.1 Å². The molecule has 0 amide bonds. The Bertz CT molecular complexity index is 512. The van der Waals surface area contributed by atoms with Crippen molar-refractivity contribution in [2.24, 2.45) is 5.92 Å². The Kier molecular flexibility index (Phi) is 5.33. The van der Waals surface area contributed by atoms with Gasteiger partial charge in [-0.3, -0.25) is 4.79 Å². The number of nitrogens with zero attached hydrogens (tertiary/aromatic N) is 1. The van der Waals surface area contributed by atoms with Crippen LogP contribution in [0.5, 0.6) is 0 Å². The Morgan fingerprint density at radius 1 is 1.48 bits per heavy atom. The molecule has 21 heavy (non-hydrogen) atoms. The molecule has 0 saturated heterocycles. The smallest absolute Gasteiger partial charge is 0.302 e. The number of carbonyl (C=O) groups is 1. The number of ether oxygens (including phenoxy) is 1. The van der Waals surface area contributed by atoms with E-state index in [0.29, 0.717) is 38.1 Å². The first-order valence-electron chi connectivity index (χ1n) is 7.22. The van der Waals surface area contributed by atoms with Gasteiger partial charge in [-0.2, -0.15) is 0 Å². The largest absolute Gasteiger partial charge is 0.624 e. The van der Waals surface area contributed by atoms with E-state index in [9.17, 15) is 15.1 Å². The molecule has 114 valence electrons. The van der Waals surface area contributed by atoms with Gasteiger partial charge < -0.3 is 15.1 Å². The average Bonchev–Trinajstić information content (AvgIpc) is 2.48. The molecule has 1 aromatic carbocycles. The molecule has 2 rings (SSSR count). The third-order valence-corrected chi connectivity index (χ3v) is 3.75. The van der Waals surface area contributed by atoms with Gasteiger partial charge in [-0.25, -0.2) is 4.74 Å². The van der Waals surface area contributed by atoms with E-state index < -0.39 is 6.10 Å². The van der Waals surface area contributed by atoms with E-state index in [1.807, 2.05) is 30.3 Å². The van der Waals surface area contributed by atoms with Gasteiger partial charge in [0.2, 0.25) is 0 Å². The van der Waals surface area contributed by atoms with E-state index in [1.165, 1.54) is 6.92 Å². The van der Waals surface area contributed by atoms with Crippen LogP contribution in [0.25, 0.3) is 0 Å². The van der Waals surface area contributed by atoms with Crippen LogP contribution in [0.2, 0.25) is 0 Å². The summed E-state index contributed by atoms with van der Waals surface area (Å²) in [4.78, 5) is 10.9. The molecule has 2 atom stereocenters. The number of aliphatic hydroxyl groups is 1. The second-order valence-corrected chi connectivity index (χ2v) is 5.46. The van der Waals surface area contributed by atoms with Crippen LogP contribution in [0.1, 0.15) is 37.9 Å². The highest BCUT2D eigenvalue weighted by molar-refractivity contribution is 5.81. The zero-order chi connectivity index (χ0) is 15.2. The second-order valence-electron chi connectivity index (χ2n) is 5.46. The fraction of sp³-hybridized carbons (Fsp3) is 0.500. The maximum absolute atomic E-state index is 11.9. The SMILES string of the molecule is CC(=O)OC[C@@H]1CC[N+]([O-])=C(C[C@H](O)c2ccccc2)C1. The first-order valence-corrected chi connectivity index (χ1v) is 7.22. The van der Waals surface area contributed by atoms with Crippen LogP contribution < -0.4 is 0 Å². The predicted octanol–water partition coefficient (Wildman–Crippen LogP) is 2.03. The second kappa shape index (κ2) is 7.22. The molecule has 0 aromatic heterocycles. The van der Waals surface area contributed by atoms with Crippen LogP contribution in [-0.4, -0.2) is 34.7 Å². The maximum atomic E-state index is 11.9. The van der Waals surface area contributed by atoms with Crippen molar-refractivity contribution in [1.82, 2.24) is 0 Å². The molecule has 0 saturated carbocycles. The normalized spacial score (nSPS) is 20.2. The molecule has 0 fully saturated rings. The van der Waals surface area contributed by atoms with Crippen molar-refractivity contribution in [3.8, 4) is 0 Å². The topological polar surface area (TPSA) is 72.6 Å². The van der Waals surface area contributed by atoms with Crippen molar-refractivity contribution in [2.45, 2.75) is 32.3 Å². The van der Waals surface area contributed by atoms with Gasteiger partial charge >= 0.3 is 5.97 Å². The Labute approximate surface area is 124 Å². The minimum absolute atomic E-state index is 0.164. The number of carbonyl (C=O) groups excluding carboxylic acids is 1. The maximum Gasteiger partial charge on any atom is 0.302 e. The van der Waals surface area contributed by atoms with Gasteiger partial charge in [0.05, 0.1) is 19.1 Å². The average molecular weight is 291 g/mol. The van der Waals surface area contributed by atoms with Crippen LogP contribution >= 0.6 is 0 Å². The van der Waals surface area contributed by atoms with E-state index in [2.05, 4.69) is 0 Å². The monoisotopic (exact) mass is 291 g/mol. The summed E-state index contributed by atoms with van der Waals surface area (Å²) >= 11 is 0. The lowest BCUT2D eigenvalue weighted by Gasteiger charge is -2.24. The Morgan fingerprint density at radius 3 is 2.86 bits per heavy atom. The van der Waals surface area contributed by atoms with Gasteiger partial charge in [0.1, 0.15) is 0 Å². The highest BCUT2D eigenvalue weighted by atomic mass is 16.5. The van der Waals surface area contributed by atoms with Gasteiger partial charge in [0, 0.05) is 25.7 Å². The first kappa shape index (κ1) is 15.5. The molecule has 1 N–H and O–H groups in total. The van der Waals surface area contributed by atoms with Crippen molar-refractivity contribution < 1.29 is 19.4 Å². The number of benzene rings is 1. The van der Waals surface area contributed by atoms with E-state index in [0.717, 1.165) is 10.3 Å². The first-order chi connectivity index (χ1) is 10.1. The molecule has 5 heteroatoms. The lowest BCUT2D eigenvalue weighted by molar-refractivity contribution is -0.468. The lowest BCUT2D eigenvalue weighted by atomic mass is 9.92. The number of esters is 1. The van der Waals surface area contributed by atoms with Gasteiger partial charge in [-0.15, -0.1) is 0 Å². The zero-order valence-electron chi connectivity index (χ0n) is 12.2. The van der Waals surface area contributed by atoms with Gasteiger partial charge in [-0.1, -0.05) is 30.3 Å². The highest BCUT2D eigenvalue weighted by Gasteiger charge is 2.27. The summed E-state index contributed by atoms with van der Waals surface area (Å²) in [6, 6.07) is 9.31.